The van der Waals surface area contributed by atoms with Crippen LogP contribution in [0.25, 0.3) is 0 Å². The van der Waals surface area contributed by atoms with Gasteiger partial charge in [-0.15, -0.1) is 0 Å². The molecule has 1 aromatic heterocycles. The predicted octanol–water partition coefficient (Wildman–Crippen LogP) is 3.94. The van der Waals surface area contributed by atoms with Gasteiger partial charge in [-0.25, -0.2) is 4.98 Å². The van der Waals surface area contributed by atoms with Gasteiger partial charge in [0.2, 0.25) is 0 Å². The molecule has 0 amide bonds. The van der Waals surface area contributed by atoms with Crippen molar-refractivity contribution in [3.05, 3.63) is 40.7 Å². The van der Waals surface area contributed by atoms with Gasteiger partial charge in [0.1, 0.15) is 0 Å². The summed E-state index contributed by atoms with van der Waals surface area (Å²) in [5.41, 5.74) is 8.12. The van der Waals surface area contributed by atoms with Crippen molar-refractivity contribution >= 4 is 17.3 Å². The van der Waals surface area contributed by atoms with Crippen LogP contribution in [0.4, 0.5) is 5.69 Å². The standard InChI is InChI=1S/C14H16ClN3O/c1-8(2)12-6-9(3)17-14(18-12)19-13-7-10(15)4-5-11(13)16/h4-8H,16H2,1-3H3. The van der Waals surface area contributed by atoms with Crippen molar-refractivity contribution < 1.29 is 4.74 Å². The molecule has 1 heterocycles. The fourth-order valence-corrected chi connectivity index (χ4v) is 1.76. The van der Waals surface area contributed by atoms with Crippen molar-refractivity contribution in [2.45, 2.75) is 26.7 Å². The fraction of sp³-hybridized carbons (Fsp3) is 0.286. The molecule has 0 aliphatic carbocycles. The molecule has 100 valence electrons. The third kappa shape index (κ3) is 3.35. The molecule has 0 atom stereocenters. The van der Waals surface area contributed by atoms with Crippen molar-refractivity contribution in [1.82, 2.24) is 9.97 Å². The second kappa shape index (κ2) is 5.45. The van der Waals surface area contributed by atoms with Crippen LogP contribution in [-0.2, 0) is 0 Å². The molecule has 19 heavy (non-hydrogen) atoms. The van der Waals surface area contributed by atoms with Crippen molar-refractivity contribution in [3.63, 3.8) is 0 Å². The molecule has 2 rings (SSSR count). The molecular weight excluding hydrogens is 262 g/mol. The van der Waals surface area contributed by atoms with E-state index in [1.165, 1.54) is 0 Å². The quantitative estimate of drug-likeness (QED) is 0.863. The molecule has 0 fully saturated rings. The lowest BCUT2D eigenvalue weighted by Gasteiger charge is -2.10. The van der Waals surface area contributed by atoms with Crippen LogP contribution in [0.1, 0.15) is 31.2 Å². The summed E-state index contributed by atoms with van der Waals surface area (Å²) in [6, 6.07) is 7.28. The molecular formula is C14H16ClN3O. The zero-order valence-corrected chi connectivity index (χ0v) is 11.9. The van der Waals surface area contributed by atoms with Crippen LogP contribution in [0.15, 0.2) is 24.3 Å². The van der Waals surface area contributed by atoms with E-state index >= 15 is 0 Å². The molecule has 2 aromatic rings. The summed E-state index contributed by atoms with van der Waals surface area (Å²) in [5, 5.41) is 0.556. The summed E-state index contributed by atoms with van der Waals surface area (Å²) in [5.74, 6) is 0.772. The Kier molecular flexibility index (Phi) is 3.90. The van der Waals surface area contributed by atoms with E-state index in [1.807, 2.05) is 13.0 Å². The highest BCUT2D eigenvalue weighted by molar-refractivity contribution is 6.30. The van der Waals surface area contributed by atoms with Gasteiger partial charge in [-0.2, -0.15) is 4.98 Å². The van der Waals surface area contributed by atoms with E-state index in [0.717, 1.165) is 11.4 Å². The van der Waals surface area contributed by atoms with Crippen LogP contribution < -0.4 is 10.5 Å². The number of ether oxygens (including phenoxy) is 1. The summed E-state index contributed by atoms with van der Waals surface area (Å²) in [4.78, 5) is 8.62. The molecule has 5 heteroatoms. The van der Waals surface area contributed by atoms with Crippen LogP contribution in [0.2, 0.25) is 5.02 Å². The zero-order valence-electron chi connectivity index (χ0n) is 11.1. The smallest absolute Gasteiger partial charge is 0.322 e. The van der Waals surface area contributed by atoms with Gasteiger partial charge >= 0.3 is 6.01 Å². The molecule has 0 spiro atoms. The van der Waals surface area contributed by atoms with Gasteiger partial charge in [-0.1, -0.05) is 25.4 Å². The normalized spacial score (nSPS) is 10.8. The van der Waals surface area contributed by atoms with Crippen molar-refractivity contribution in [1.29, 1.82) is 0 Å². The average molecular weight is 278 g/mol. The first-order chi connectivity index (χ1) is 8.95. The summed E-state index contributed by atoms with van der Waals surface area (Å²) < 4.78 is 5.63. The molecule has 0 aliphatic rings. The van der Waals surface area contributed by atoms with Crippen LogP contribution in [0, 0.1) is 6.92 Å². The Labute approximate surface area is 117 Å². The van der Waals surface area contributed by atoms with E-state index in [2.05, 4.69) is 23.8 Å². The molecule has 0 radical (unpaired) electrons. The van der Waals surface area contributed by atoms with E-state index in [4.69, 9.17) is 22.1 Å². The van der Waals surface area contributed by atoms with Gasteiger partial charge in [0.25, 0.3) is 0 Å². The van der Waals surface area contributed by atoms with E-state index in [0.29, 0.717) is 22.4 Å². The number of aryl methyl sites for hydroxylation is 1. The lowest BCUT2D eigenvalue weighted by atomic mass is 10.1. The second-order valence-electron chi connectivity index (χ2n) is 4.66. The van der Waals surface area contributed by atoms with Crippen LogP contribution >= 0.6 is 11.6 Å². The Morgan fingerprint density at radius 2 is 1.95 bits per heavy atom. The number of anilines is 1. The summed E-state index contributed by atoms with van der Waals surface area (Å²) >= 11 is 5.92. The topological polar surface area (TPSA) is 61.0 Å². The van der Waals surface area contributed by atoms with Gasteiger partial charge in [0, 0.05) is 16.8 Å². The summed E-state index contributed by atoms with van der Waals surface area (Å²) in [6.45, 7) is 6.04. The minimum Gasteiger partial charge on any atom is -0.422 e. The monoisotopic (exact) mass is 277 g/mol. The third-order valence-corrected chi connectivity index (χ3v) is 2.86. The number of nitrogens with two attached hydrogens (primary N) is 1. The van der Waals surface area contributed by atoms with E-state index in [9.17, 15) is 0 Å². The third-order valence-electron chi connectivity index (χ3n) is 2.62. The molecule has 1 aromatic carbocycles. The Hall–Kier alpha value is -1.81. The van der Waals surface area contributed by atoms with Crippen LogP contribution in [0.3, 0.4) is 0 Å². The number of halogens is 1. The maximum absolute atomic E-state index is 5.92. The molecule has 0 aliphatic heterocycles. The van der Waals surface area contributed by atoms with Gasteiger partial charge < -0.3 is 10.5 Å². The number of aromatic nitrogens is 2. The fourth-order valence-electron chi connectivity index (χ4n) is 1.60. The first-order valence-corrected chi connectivity index (χ1v) is 6.42. The number of hydrogen-bond acceptors (Lipinski definition) is 4. The molecule has 0 saturated carbocycles. The minimum absolute atomic E-state index is 0.290. The van der Waals surface area contributed by atoms with Gasteiger partial charge in [-0.05, 0) is 31.0 Å². The van der Waals surface area contributed by atoms with Gasteiger partial charge in [-0.3, -0.25) is 0 Å². The SMILES string of the molecule is Cc1cc(C(C)C)nc(Oc2cc(Cl)ccc2N)n1. The van der Waals surface area contributed by atoms with E-state index < -0.39 is 0 Å². The Balaban J connectivity index is 2.35. The number of hydrogen-bond donors (Lipinski definition) is 1. The van der Waals surface area contributed by atoms with Gasteiger partial charge in [0.05, 0.1) is 11.4 Å². The predicted molar refractivity (Wildman–Crippen MR) is 76.8 cm³/mol. The van der Waals surface area contributed by atoms with Crippen LogP contribution in [0.5, 0.6) is 11.8 Å². The van der Waals surface area contributed by atoms with Crippen molar-refractivity contribution in [2.24, 2.45) is 0 Å². The number of nitrogens with zero attached hydrogens (tertiary/aromatic N) is 2. The summed E-state index contributed by atoms with van der Waals surface area (Å²) in [7, 11) is 0. The van der Waals surface area contributed by atoms with Crippen molar-refractivity contribution in [3.8, 4) is 11.8 Å². The number of benzene rings is 1. The molecule has 2 N–H and O–H groups in total. The highest BCUT2D eigenvalue weighted by atomic mass is 35.5. The second-order valence-corrected chi connectivity index (χ2v) is 5.09. The molecule has 0 bridgehead atoms. The van der Waals surface area contributed by atoms with E-state index in [1.54, 1.807) is 18.2 Å². The molecule has 4 nitrogen and oxygen atoms in total. The highest BCUT2D eigenvalue weighted by Gasteiger charge is 2.09. The maximum atomic E-state index is 5.92. The first-order valence-electron chi connectivity index (χ1n) is 6.04. The molecule has 0 saturated heterocycles. The van der Waals surface area contributed by atoms with E-state index in [-0.39, 0.29) is 6.01 Å². The maximum Gasteiger partial charge on any atom is 0.322 e. The largest absolute Gasteiger partial charge is 0.422 e. The lowest BCUT2D eigenvalue weighted by Crippen LogP contribution is -2.01. The Morgan fingerprint density at radius 1 is 1.21 bits per heavy atom. The first kappa shape index (κ1) is 13.6. The Bertz CT molecular complexity index is 599. The van der Waals surface area contributed by atoms with Crippen LogP contribution in [-0.4, -0.2) is 9.97 Å². The Morgan fingerprint density at radius 3 is 2.63 bits per heavy atom. The number of nitrogen functional groups attached to an aromatic ring is 1. The zero-order chi connectivity index (χ0) is 14.0. The lowest BCUT2D eigenvalue weighted by molar-refractivity contribution is 0.438. The molecule has 0 unspecified atom stereocenters. The van der Waals surface area contributed by atoms with Crippen molar-refractivity contribution in [2.75, 3.05) is 5.73 Å². The summed E-state index contributed by atoms with van der Waals surface area (Å²) in [6.07, 6.45) is 0. The average Bonchev–Trinajstić information content (AvgIpc) is 2.33. The minimum atomic E-state index is 0.290. The number of rotatable bonds is 3. The van der Waals surface area contributed by atoms with Gasteiger partial charge in [0.15, 0.2) is 5.75 Å². The highest BCUT2D eigenvalue weighted by Crippen LogP contribution is 2.29.